The first-order valence-electron chi connectivity index (χ1n) is 5.24. The Hall–Kier alpha value is -0.900. The molecule has 0 unspecified atom stereocenters. The Bertz CT molecular complexity index is 236. The second-order valence-corrected chi connectivity index (χ2v) is 3.23. The standard InChI is InChI=1S/C12H18O3/c13-7-10-14-8-4-9-15-11-12-5-2-1-3-6-12/h1-3,5-6,13H,4,7-11H2. The lowest BCUT2D eigenvalue weighted by Gasteiger charge is -2.04. The van der Waals surface area contributed by atoms with Gasteiger partial charge in [-0.3, -0.25) is 0 Å². The van der Waals surface area contributed by atoms with Crippen molar-refractivity contribution in [2.45, 2.75) is 13.0 Å². The van der Waals surface area contributed by atoms with Gasteiger partial charge in [-0.2, -0.15) is 0 Å². The molecule has 0 saturated carbocycles. The number of hydrogen-bond acceptors (Lipinski definition) is 3. The molecule has 15 heavy (non-hydrogen) atoms. The number of hydrogen-bond donors (Lipinski definition) is 1. The van der Waals surface area contributed by atoms with E-state index in [1.54, 1.807) is 0 Å². The molecule has 3 heteroatoms. The van der Waals surface area contributed by atoms with Crippen molar-refractivity contribution in [3.05, 3.63) is 35.9 Å². The van der Waals surface area contributed by atoms with Gasteiger partial charge in [0.15, 0.2) is 0 Å². The van der Waals surface area contributed by atoms with Gasteiger partial charge in [0, 0.05) is 13.2 Å². The van der Waals surface area contributed by atoms with Crippen LogP contribution in [0.3, 0.4) is 0 Å². The highest BCUT2D eigenvalue weighted by molar-refractivity contribution is 5.13. The van der Waals surface area contributed by atoms with Crippen molar-refractivity contribution >= 4 is 0 Å². The fourth-order valence-corrected chi connectivity index (χ4v) is 1.19. The fourth-order valence-electron chi connectivity index (χ4n) is 1.19. The second-order valence-electron chi connectivity index (χ2n) is 3.23. The zero-order chi connectivity index (χ0) is 10.8. The molecule has 1 aromatic rings. The molecule has 0 heterocycles. The summed E-state index contributed by atoms with van der Waals surface area (Å²) < 4.78 is 10.6. The minimum atomic E-state index is 0.0882. The Morgan fingerprint density at radius 2 is 1.67 bits per heavy atom. The maximum Gasteiger partial charge on any atom is 0.0716 e. The predicted molar refractivity (Wildman–Crippen MR) is 58.6 cm³/mol. The van der Waals surface area contributed by atoms with Gasteiger partial charge in [-0.1, -0.05) is 30.3 Å². The van der Waals surface area contributed by atoms with Gasteiger partial charge in [-0.15, -0.1) is 0 Å². The second kappa shape index (κ2) is 8.41. The van der Waals surface area contributed by atoms with E-state index in [1.807, 2.05) is 30.3 Å². The molecule has 0 bridgehead atoms. The summed E-state index contributed by atoms with van der Waals surface area (Å²) in [6.07, 6.45) is 0.868. The molecule has 0 aliphatic heterocycles. The molecule has 0 aliphatic carbocycles. The van der Waals surface area contributed by atoms with Crippen LogP contribution < -0.4 is 0 Å². The van der Waals surface area contributed by atoms with Crippen LogP contribution in [0.1, 0.15) is 12.0 Å². The largest absolute Gasteiger partial charge is 0.394 e. The van der Waals surface area contributed by atoms with Gasteiger partial charge in [0.2, 0.25) is 0 Å². The first-order valence-corrected chi connectivity index (χ1v) is 5.24. The highest BCUT2D eigenvalue weighted by atomic mass is 16.5. The molecule has 0 aliphatic rings. The van der Waals surface area contributed by atoms with Gasteiger partial charge in [0.05, 0.1) is 19.8 Å². The molecule has 0 fully saturated rings. The molecule has 0 aromatic heterocycles. The Labute approximate surface area is 90.6 Å². The smallest absolute Gasteiger partial charge is 0.0716 e. The molecule has 84 valence electrons. The van der Waals surface area contributed by atoms with E-state index in [0.717, 1.165) is 6.42 Å². The number of benzene rings is 1. The van der Waals surface area contributed by atoms with Gasteiger partial charge in [0.1, 0.15) is 0 Å². The van der Waals surface area contributed by atoms with Crippen molar-refractivity contribution in [1.29, 1.82) is 0 Å². The normalized spacial score (nSPS) is 10.5. The van der Waals surface area contributed by atoms with E-state index >= 15 is 0 Å². The SMILES string of the molecule is OCCOCCCOCc1ccccc1. The summed E-state index contributed by atoms with van der Waals surface area (Å²) in [5.74, 6) is 0. The van der Waals surface area contributed by atoms with E-state index in [0.29, 0.717) is 26.4 Å². The van der Waals surface area contributed by atoms with Crippen LogP contribution in [-0.4, -0.2) is 31.5 Å². The van der Waals surface area contributed by atoms with E-state index in [4.69, 9.17) is 14.6 Å². The summed E-state index contributed by atoms with van der Waals surface area (Å²) in [7, 11) is 0. The Kier molecular flexibility index (Phi) is 6.83. The molecule has 0 amide bonds. The van der Waals surface area contributed by atoms with E-state index in [2.05, 4.69) is 0 Å². The van der Waals surface area contributed by atoms with Crippen LogP contribution >= 0.6 is 0 Å². The van der Waals surface area contributed by atoms with Gasteiger partial charge in [-0.05, 0) is 12.0 Å². The zero-order valence-corrected chi connectivity index (χ0v) is 8.89. The first-order chi connectivity index (χ1) is 7.43. The molecule has 1 aromatic carbocycles. The molecule has 0 atom stereocenters. The highest BCUT2D eigenvalue weighted by Gasteiger charge is 1.92. The maximum atomic E-state index is 8.46. The molecule has 1 rings (SSSR count). The summed E-state index contributed by atoms with van der Waals surface area (Å²) in [5.41, 5.74) is 1.19. The van der Waals surface area contributed by atoms with E-state index in [1.165, 1.54) is 5.56 Å². The summed E-state index contributed by atoms with van der Waals surface area (Å²) in [5, 5.41) is 8.46. The summed E-state index contributed by atoms with van der Waals surface area (Å²) >= 11 is 0. The lowest BCUT2D eigenvalue weighted by atomic mass is 10.2. The van der Waals surface area contributed by atoms with Crippen LogP contribution in [0.25, 0.3) is 0 Å². The topological polar surface area (TPSA) is 38.7 Å². The van der Waals surface area contributed by atoms with Gasteiger partial charge in [0.25, 0.3) is 0 Å². The van der Waals surface area contributed by atoms with Crippen LogP contribution in [0.4, 0.5) is 0 Å². The molecular formula is C12H18O3. The molecule has 0 spiro atoms. The van der Waals surface area contributed by atoms with Gasteiger partial charge in [-0.25, -0.2) is 0 Å². The average Bonchev–Trinajstić information content (AvgIpc) is 2.29. The number of ether oxygens (including phenoxy) is 2. The lowest BCUT2D eigenvalue weighted by Crippen LogP contribution is -2.04. The molecule has 0 radical (unpaired) electrons. The third-order valence-electron chi connectivity index (χ3n) is 1.92. The molecule has 3 nitrogen and oxygen atoms in total. The minimum Gasteiger partial charge on any atom is -0.394 e. The summed E-state index contributed by atoms with van der Waals surface area (Å²) in [6.45, 7) is 2.50. The van der Waals surface area contributed by atoms with Crippen LogP contribution in [0, 0.1) is 0 Å². The van der Waals surface area contributed by atoms with Crippen molar-refractivity contribution in [2.75, 3.05) is 26.4 Å². The van der Waals surface area contributed by atoms with E-state index < -0.39 is 0 Å². The third-order valence-corrected chi connectivity index (χ3v) is 1.92. The number of rotatable bonds is 8. The van der Waals surface area contributed by atoms with Crippen LogP contribution in [-0.2, 0) is 16.1 Å². The van der Waals surface area contributed by atoms with Crippen LogP contribution in [0.2, 0.25) is 0 Å². The van der Waals surface area contributed by atoms with E-state index in [-0.39, 0.29) is 6.61 Å². The summed E-state index contributed by atoms with van der Waals surface area (Å²) in [4.78, 5) is 0. The predicted octanol–water partition coefficient (Wildman–Crippen LogP) is 1.60. The fraction of sp³-hybridized carbons (Fsp3) is 0.500. The summed E-state index contributed by atoms with van der Waals surface area (Å²) in [6, 6.07) is 10.1. The Morgan fingerprint density at radius 3 is 2.40 bits per heavy atom. The van der Waals surface area contributed by atoms with Crippen molar-refractivity contribution in [3.8, 4) is 0 Å². The Balaban J connectivity index is 1.93. The maximum absolute atomic E-state index is 8.46. The molecular weight excluding hydrogens is 192 g/mol. The zero-order valence-electron chi connectivity index (χ0n) is 8.89. The van der Waals surface area contributed by atoms with Crippen LogP contribution in [0.5, 0.6) is 0 Å². The number of aliphatic hydroxyl groups is 1. The lowest BCUT2D eigenvalue weighted by molar-refractivity contribution is 0.0595. The Morgan fingerprint density at radius 1 is 0.933 bits per heavy atom. The van der Waals surface area contributed by atoms with Crippen molar-refractivity contribution in [3.63, 3.8) is 0 Å². The average molecular weight is 210 g/mol. The van der Waals surface area contributed by atoms with Crippen molar-refractivity contribution in [2.24, 2.45) is 0 Å². The minimum absolute atomic E-state index is 0.0882. The van der Waals surface area contributed by atoms with Crippen molar-refractivity contribution < 1.29 is 14.6 Å². The quantitative estimate of drug-likeness (QED) is 0.662. The van der Waals surface area contributed by atoms with Crippen LogP contribution in [0.15, 0.2) is 30.3 Å². The molecule has 1 N–H and O–H groups in total. The third kappa shape index (κ3) is 6.23. The monoisotopic (exact) mass is 210 g/mol. The van der Waals surface area contributed by atoms with Crippen molar-refractivity contribution in [1.82, 2.24) is 0 Å². The number of aliphatic hydroxyl groups excluding tert-OH is 1. The van der Waals surface area contributed by atoms with E-state index in [9.17, 15) is 0 Å². The van der Waals surface area contributed by atoms with Gasteiger partial charge >= 0.3 is 0 Å². The van der Waals surface area contributed by atoms with Gasteiger partial charge < -0.3 is 14.6 Å². The first kappa shape index (κ1) is 12.2. The highest BCUT2D eigenvalue weighted by Crippen LogP contribution is 2.00. The molecule has 0 saturated heterocycles.